The Morgan fingerprint density at radius 3 is 2.49 bits per heavy atom. The zero-order valence-corrected chi connectivity index (χ0v) is 24.1. The van der Waals surface area contributed by atoms with Crippen LogP contribution in [0.5, 0.6) is 0 Å². The van der Waals surface area contributed by atoms with Crippen LogP contribution in [0.2, 0.25) is 0 Å². The van der Waals surface area contributed by atoms with Gasteiger partial charge in [0.1, 0.15) is 5.37 Å². The summed E-state index contributed by atoms with van der Waals surface area (Å²) in [5.41, 5.74) is 9.66. The first kappa shape index (κ1) is 28.2. The molecular formula is C33H29N3O3S2. The molecule has 5 rings (SSSR count). The fourth-order valence-corrected chi connectivity index (χ4v) is 6.99. The summed E-state index contributed by atoms with van der Waals surface area (Å²) in [4.78, 5) is 42.0. The molecule has 6 nitrogen and oxygen atoms in total. The molecule has 3 amide bonds. The van der Waals surface area contributed by atoms with Gasteiger partial charge in [0.25, 0.3) is 0 Å². The highest BCUT2D eigenvalue weighted by molar-refractivity contribution is 8.01. The number of rotatable bonds is 8. The lowest BCUT2D eigenvalue weighted by molar-refractivity contribution is -0.124. The standard InChI is InChI=1S/C33H29N3O3S2/c1-22-10-12-24(13-11-22)18-19-35-30(37)21-29-32(39)36(26-9-5-8-25(20-26)31(34)38)33(41-29)28-17-16-27(40-28)15-14-23-6-3-2-4-7-23/h2-13,16-17,20,29,33H,18-19,21H2,1H3,(H2,34,38)(H,35,37). The van der Waals surface area contributed by atoms with Crippen LogP contribution in [-0.4, -0.2) is 29.5 Å². The number of thioether (sulfide) groups is 1. The Morgan fingerprint density at radius 1 is 0.951 bits per heavy atom. The molecule has 1 saturated heterocycles. The van der Waals surface area contributed by atoms with E-state index in [0.717, 1.165) is 20.9 Å². The highest BCUT2D eigenvalue weighted by atomic mass is 32.2. The largest absolute Gasteiger partial charge is 0.366 e. The van der Waals surface area contributed by atoms with Gasteiger partial charge in [0.05, 0.1) is 10.1 Å². The van der Waals surface area contributed by atoms with Crippen molar-refractivity contribution in [3.63, 3.8) is 0 Å². The first-order chi connectivity index (χ1) is 19.9. The zero-order chi connectivity index (χ0) is 28.8. The van der Waals surface area contributed by atoms with Crippen LogP contribution in [0.3, 0.4) is 0 Å². The number of nitrogens with one attached hydrogen (secondary N) is 1. The highest BCUT2D eigenvalue weighted by Crippen LogP contribution is 2.48. The molecule has 0 saturated carbocycles. The summed E-state index contributed by atoms with van der Waals surface area (Å²) < 4.78 is 0. The Bertz CT molecular complexity index is 1620. The van der Waals surface area contributed by atoms with E-state index in [-0.39, 0.29) is 23.6 Å². The minimum Gasteiger partial charge on any atom is -0.366 e. The third-order valence-electron chi connectivity index (χ3n) is 6.65. The van der Waals surface area contributed by atoms with E-state index in [9.17, 15) is 14.4 Å². The Kier molecular flexibility index (Phi) is 8.88. The fourth-order valence-electron chi connectivity index (χ4n) is 4.50. The monoisotopic (exact) mass is 579 g/mol. The molecule has 3 aromatic carbocycles. The maximum absolute atomic E-state index is 13.7. The van der Waals surface area contributed by atoms with Gasteiger partial charge < -0.3 is 11.1 Å². The van der Waals surface area contributed by atoms with Gasteiger partial charge in [-0.2, -0.15) is 0 Å². The second kappa shape index (κ2) is 12.9. The number of nitrogens with zero attached hydrogens (tertiary/aromatic N) is 1. The van der Waals surface area contributed by atoms with Crippen LogP contribution >= 0.6 is 23.1 Å². The number of hydrogen-bond acceptors (Lipinski definition) is 5. The molecule has 206 valence electrons. The van der Waals surface area contributed by atoms with Gasteiger partial charge in [-0.1, -0.05) is 65.9 Å². The average molecular weight is 580 g/mol. The Labute approximate surface area is 248 Å². The van der Waals surface area contributed by atoms with Crippen molar-refractivity contribution in [3.8, 4) is 11.8 Å². The van der Waals surface area contributed by atoms with Crippen molar-refractivity contribution in [1.29, 1.82) is 0 Å². The summed E-state index contributed by atoms with van der Waals surface area (Å²) in [6.07, 6.45) is 0.778. The van der Waals surface area contributed by atoms with Crippen LogP contribution in [0.15, 0.2) is 91.0 Å². The number of carbonyl (C=O) groups is 3. The average Bonchev–Trinajstić information content (AvgIpc) is 3.58. The van der Waals surface area contributed by atoms with Crippen LogP contribution in [-0.2, 0) is 16.0 Å². The molecule has 1 fully saturated rings. The second-order valence-electron chi connectivity index (χ2n) is 9.71. The van der Waals surface area contributed by atoms with Gasteiger partial charge in [-0.05, 0) is 61.4 Å². The van der Waals surface area contributed by atoms with E-state index in [1.807, 2.05) is 49.4 Å². The summed E-state index contributed by atoms with van der Waals surface area (Å²) in [5.74, 6) is 5.46. The molecule has 2 unspecified atom stereocenters. The number of amides is 3. The number of anilines is 1. The minimum absolute atomic E-state index is 0.0615. The molecule has 3 N–H and O–H groups in total. The molecule has 0 radical (unpaired) electrons. The lowest BCUT2D eigenvalue weighted by atomic mass is 10.1. The van der Waals surface area contributed by atoms with Crippen molar-refractivity contribution < 1.29 is 14.4 Å². The van der Waals surface area contributed by atoms with Gasteiger partial charge in [-0.25, -0.2) is 0 Å². The summed E-state index contributed by atoms with van der Waals surface area (Å²) in [6, 6.07) is 28.6. The van der Waals surface area contributed by atoms with Gasteiger partial charge in [-0.15, -0.1) is 23.1 Å². The van der Waals surface area contributed by atoms with E-state index >= 15 is 0 Å². The molecule has 1 aliphatic rings. The zero-order valence-electron chi connectivity index (χ0n) is 22.5. The minimum atomic E-state index is -0.572. The lowest BCUT2D eigenvalue weighted by Crippen LogP contribution is -2.34. The predicted octanol–water partition coefficient (Wildman–Crippen LogP) is 5.45. The molecular weight excluding hydrogens is 551 g/mol. The molecule has 1 aromatic heterocycles. The maximum Gasteiger partial charge on any atom is 0.248 e. The number of benzene rings is 3. The van der Waals surface area contributed by atoms with E-state index in [1.165, 1.54) is 28.7 Å². The van der Waals surface area contributed by atoms with Crippen molar-refractivity contribution in [3.05, 3.63) is 123 Å². The highest BCUT2D eigenvalue weighted by Gasteiger charge is 2.43. The third-order valence-corrected chi connectivity index (χ3v) is 9.27. The predicted molar refractivity (Wildman–Crippen MR) is 166 cm³/mol. The van der Waals surface area contributed by atoms with Crippen LogP contribution in [0.4, 0.5) is 5.69 Å². The van der Waals surface area contributed by atoms with Crippen LogP contribution in [0.25, 0.3) is 0 Å². The fraction of sp³-hybridized carbons (Fsp3) is 0.182. The number of carbonyl (C=O) groups excluding carboxylic acids is 3. The van der Waals surface area contributed by atoms with Crippen molar-refractivity contribution in [2.24, 2.45) is 5.73 Å². The van der Waals surface area contributed by atoms with Crippen molar-refractivity contribution in [2.45, 2.75) is 30.4 Å². The van der Waals surface area contributed by atoms with Gasteiger partial charge in [-0.3, -0.25) is 19.3 Å². The van der Waals surface area contributed by atoms with E-state index < -0.39 is 11.2 Å². The van der Waals surface area contributed by atoms with E-state index in [2.05, 4.69) is 41.4 Å². The topological polar surface area (TPSA) is 92.5 Å². The van der Waals surface area contributed by atoms with Gasteiger partial charge in [0, 0.05) is 34.7 Å². The van der Waals surface area contributed by atoms with E-state index in [1.54, 1.807) is 29.2 Å². The SMILES string of the molecule is Cc1ccc(CCNC(=O)CC2SC(c3ccc(C#Cc4ccccc4)s3)N(c3cccc(C(N)=O)c3)C2=O)cc1. The van der Waals surface area contributed by atoms with Gasteiger partial charge >= 0.3 is 0 Å². The molecule has 1 aliphatic heterocycles. The van der Waals surface area contributed by atoms with Gasteiger partial charge in [0.2, 0.25) is 17.7 Å². The Hall–Kier alpha value is -4.32. The van der Waals surface area contributed by atoms with Gasteiger partial charge in [0.15, 0.2) is 0 Å². The van der Waals surface area contributed by atoms with Crippen LogP contribution < -0.4 is 16.0 Å². The molecule has 2 atom stereocenters. The summed E-state index contributed by atoms with van der Waals surface area (Å²) in [7, 11) is 0. The summed E-state index contributed by atoms with van der Waals surface area (Å²) in [6.45, 7) is 2.54. The quantitative estimate of drug-likeness (QED) is 0.272. The molecule has 4 aromatic rings. The van der Waals surface area contributed by atoms with Crippen molar-refractivity contribution in [2.75, 3.05) is 11.4 Å². The third kappa shape index (κ3) is 7.07. The smallest absolute Gasteiger partial charge is 0.248 e. The number of hydrogen-bond donors (Lipinski definition) is 2. The first-order valence-electron chi connectivity index (χ1n) is 13.2. The Balaban J connectivity index is 1.33. The van der Waals surface area contributed by atoms with Crippen molar-refractivity contribution in [1.82, 2.24) is 5.32 Å². The Morgan fingerprint density at radius 2 is 1.73 bits per heavy atom. The number of nitrogens with two attached hydrogens (primary N) is 1. The molecule has 8 heteroatoms. The summed E-state index contributed by atoms with van der Waals surface area (Å²) >= 11 is 2.95. The van der Waals surface area contributed by atoms with Crippen LogP contribution in [0, 0.1) is 18.8 Å². The van der Waals surface area contributed by atoms with E-state index in [0.29, 0.717) is 24.2 Å². The second-order valence-corrected chi connectivity index (χ2v) is 12.1. The number of thiophene rings is 1. The molecule has 0 spiro atoms. The number of aryl methyl sites for hydroxylation is 1. The first-order valence-corrected chi connectivity index (χ1v) is 15.0. The molecule has 0 aliphatic carbocycles. The van der Waals surface area contributed by atoms with E-state index in [4.69, 9.17) is 5.73 Å². The molecule has 0 bridgehead atoms. The molecule has 2 heterocycles. The lowest BCUT2D eigenvalue weighted by Gasteiger charge is -2.23. The molecule has 41 heavy (non-hydrogen) atoms. The number of primary amides is 1. The normalized spacial score (nSPS) is 16.2. The maximum atomic E-state index is 13.7. The van der Waals surface area contributed by atoms with Crippen LogP contribution in [0.1, 0.15) is 48.6 Å². The van der Waals surface area contributed by atoms with Crippen molar-refractivity contribution >= 4 is 46.5 Å². The summed E-state index contributed by atoms with van der Waals surface area (Å²) in [5, 5.41) is 2.02.